The highest BCUT2D eigenvalue weighted by Crippen LogP contribution is 2.34. The Morgan fingerprint density at radius 3 is 2.70 bits per heavy atom. The fourth-order valence-corrected chi connectivity index (χ4v) is 4.71. The molecule has 146 valence electrons. The van der Waals surface area contributed by atoms with Crippen molar-refractivity contribution in [1.82, 2.24) is 14.9 Å². The predicted molar refractivity (Wildman–Crippen MR) is 103 cm³/mol. The maximum Gasteiger partial charge on any atom is 0.264 e. The summed E-state index contributed by atoms with van der Waals surface area (Å²) in [4.78, 5) is 11.1. The maximum atomic E-state index is 14.6. The zero-order valence-electron chi connectivity index (χ0n) is 15.1. The van der Waals surface area contributed by atoms with Gasteiger partial charge >= 0.3 is 0 Å². The van der Waals surface area contributed by atoms with Crippen LogP contribution in [0, 0.1) is 11.7 Å². The van der Waals surface area contributed by atoms with Crippen molar-refractivity contribution in [3.63, 3.8) is 0 Å². The summed E-state index contributed by atoms with van der Waals surface area (Å²) in [5.41, 5.74) is 0.653. The largest absolute Gasteiger partial charge is 0.370 e. The first-order valence-corrected chi connectivity index (χ1v) is 10.3. The van der Waals surface area contributed by atoms with E-state index in [1.54, 1.807) is 0 Å². The Morgan fingerprint density at radius 1 is 1.33 bits per heavy atom. The highest BCUT2D eigenvalue weighted by atomic mass is 35.5. The van der Waals surface area contributed by atoms with Crippen LogP contribution < -0.4 is 9.62 Å². The highest BCUT2D eigenvalue weighted by molar-refractivity contribution is 7.92. The third-order valence-electron chi connectivity index (χ3n) is 4.35. The number of hydrogen-bond acceptors (Lipinski definition) is 6. The Morgan fingerprint density at radius 2 is 2.04 bits per heavy atom. The number of anilines is 2. The van der Waals surface area contributed by atoms with E-state index in [0.717, 1.165) is 32.1 Å². The molecule has 1 N–H and O–H groups in total. The Kier molecular flexibility index (Phi) is 5.83. The molecule has 0 aliphatic carbocycles. The van der Waals surface area contributed by atoms with E-state index < -0.39 is 20.7 Å². The molecule has 0 saturated carbocycles. The summed E-state index contributed by atoms with van der Waals surface area (Å²) in [5, 5.41) is 0.201. The molecule has 1 aliphatic rings. The highest BCUT2D eigenvalue weighted by Gasteiger charge is 2.27. The number of hydrogen-bond donors (Lipinski definition) is 1. The lowest BCUT2D eigenvalue weighted by Crippen LogP contribution is -2.26. The van der Waals surface area contributed by atoms with E-state index in [-0.39, 0.29) is 10.7 Å². The number of nitrogens with zero attached hydrogens (tertiary/aromatic N) is 4. The first-order chi connectivity index (χ1) is 12.8. The molecule has 2 heterocycles. The lowest BCUT2D eigenvalue weighted by Gasteiger charge is -2.22. The molecule has 1 unspecified atom stereocenters. The molecule has 1 saturated heterocycles. The normalized spacial score (nSPS) is 17.5. The lowest BCUT2D eigenvalue weighted by atomic mass is 10.1. The third kappa shape index (κ3) is 4.66. The van der Waals surface area contributed by atoms with Crippen LogP contribution >= 0.6 is 11.6 Å². The molecule has 2 aromatic rings. The molecule has 1 aromatic heterocycles. The zero-order valence-corrected chi connectivity index (χ0v) is 16.6. The second-order valence-electron chi connectivity index (χ2n) is 6.83. The van der Waals surface area contributed by atoms with Gasteiger partial charge in [-0.3, -0.25) is 4.72 Å². The summed E-state index contributed by atoms with van der Waals surface area (Å²) < 4.78 is 41.9. The molecule has 10 heteroatoms. The summed E-state index contributed by atoms with van der Waals surface area (Å²) in [6, 6.07) is 2.34. The zero-order chi connectivity index (χ0) is 19.6. The van der Waals surface area contributed by atoms with E-state index >= 15 is 0 Å². The van der Waals surface area contributed by atoms with Crippen LogP contribution in [0.25, 0.3) is 0 Å². The molecule has 0 amide bonds. The van der Waals surface area contributed by atoms with Gasteiger partial charge in [-0.2, -0.15) is 0 Å². The molecule has 3 rings (SSSR count). The van der Waals surface area contributed by atoms with Crippen LogP contribution in [0.3, 0.4) is 0 Å². The minimum Gasteiger partial charge on any atom is -0.370 e. The molecule has 0 spiro atoms. The van der Waals surface area contributed by atoms with Crippen LogP contribution in [0.2, 0.25) is 5.02 Å². The third-order valence-corrected chi connectivity index (χ3v) is 6.05. The topological polar surface area (TPSA) is 78.4 Å². The van der Waals surface area contributed by atoms with Gasteiger partial charge in [0.05, 0.1) is 28.8 Å². The van der Waals surface area contributed by atoms with Gasteiger partial charge in [-0.15, -0.1) is 0 Å². The molecule has 1 aromatic carbocycles. The van der Waals surface area contributed by atoms with Gasteiger partial charge in [0.15, 0.2) is 0 Å². The number of halogens is 2. The Labute approximate surface area is 163 Å². The van der Waals surface area contributed by atoms with E-state index in [2.05, 4.69) is 19.6 Å². The van der Waals surface area contributed by atoms with Gasteiger partial charge in [0.25, 0.3) is 10.0 Å². The van der Waals surface area contributed by atoms with Crippen LogP contribution in [0.15, 0.2) is 35.7 Å². The molecular formula is C17H21ClFN5O2S. The Balaban J connectivity index is 1.83. The fraction of sp³-hybridized carbons (Fsp3) is 0.412. The smallest absolute Gasteiger partial charge is 0.264 e. The van der Waals surface area contributed by atoms with Gasteiger partial charge in [0, 0.05) is 25.7 Å². The summed E-state index contributed by atoms with van der Waals surface area (Å²) in [7, 11) is -0.121. The van der Waals surface area contributed by atoms with Gasteiger partial charge in [-0.05, 0) is 32.5 Å². The Bertz CT molecular complexity index is 911. The average Bonchev–Trinajstić information content (AvgIpc) is 3.04. The van der Waals surface area contributed by atoms with Crippen LogP contribution in [-0.4, -0.2) is 57.0 Å². The SMILES string of the molecule is CN(C)CC1CCN(c2cc(F)c(S(=O)(=O)Nc3cncnc3)cc2Cl)C1. The van der Waals surface area contributed by atoms with Gasteiger partial charge in [-0.1, -0.05) is 11.6 Å². The van der Waals surface area contributed by atoms with Gasteiger partial charge in [0.1, 0.15) is 17.0 Å². The molecule has 27 heavy (non-hydrogen) atoms. The van der Waals surface area contributed by atoms with Crippen LogP contribution in [0.1, 0.15) is 6.42 Å². The van der Waals surface area contributed by atoms with E-state index in [1.807, 2.05) is 19.0 Å². The average molecular weight is 414 g/mol. The van der Waals surface area contributed by atoms with Crippen molar-refractivity contribution in [2.24, 2.45) is 5.92 Å². The first kappa shape index (κ1) is 19.8. The van der Waals surface area contributed by atoms with Gasteiger partial charge in [0.2, 0.25) is 0 Å². The number of sulfonamides is 1. The predicted octanol–water partition coefficient (Wildman–Crippen LogP) is 2.46. The summed E-state index contributed by atoms with van der Waals surface area (Å²) in [6.45, 7) is 2.44. The van der Waals surface area contributed by atoms with Crippen molar-refractivity contribution in [1.29, 1.82) is 0 Å². The van der Waals surface area contributed by atoms with Crippen molar-refractivity contribution in [2.75, 3.05) is 43.4 Å². The van der Waals surface area contributed by atoms with E-state index in [4.69, 9.17) is 11.6 Å². The van der Waals surface area contributed by atoms with Crippen molar-refractivity contribution >= 4 is 33.0 Å². The minimum atomic E-state index is -4.15. The summed E-state index contributed by atoms with van der Waals surface area (Å²) >= 11 is 6.31. The van der Waals surface area contributed by atoms with Crippen LogP contribution in [-0.2, 0) is 10.0 Å². The van der Waals surface area contributed by atoms with Crippen molar-refractivity contribution in [2.45, 2.75) is 11.3 Å². The maximum absolute atomic E-state index is 14.6. The molecule has 1 atom stereocenters. The van der Waals surface area contributed by atoms with Crippen molar-refractivity contribution in [3.8, 4) is 0 Å². The van der Waals surface area contributed by atoms with Gasteiger partial charge < -0.3 is 9.80 Å². The van der Waals surface area contributed by atoms with Crippen molar-refractivity contribution < 1.29 is 12.8 Å². The second-order valence-corrected chi connectivity index (χ2v) is 8.89. The molecular weight excluding hydrogens is 393 g/mol. The standard InChI is InChI=1S/C17H21ClFN5O2S/c1-23(2)9-12-3-4-24(10-12)16-6-15(19)17(5-14(16)18)27(25,26)22-13-7-20-11-21-8-13/h5-8,11-12,22H,3-4,9-10H2,1-2H3. The van der Waals surface area contributed by atoms with E-state index in [1.165, 1.54) is 24.8 Å². The molecule has 0 radical (unpaired) electrons. The molecule has 1 aliphatic heterocycles. The second kappa shape index (κ2) is 7.95. The number of rotatable bonds is 6. The summed E-state index contributed by atoms with van der Waals surface area (Å²) in [5.74, 6) is -0.392. The quantitative estimate of drug-likeness (QED) is 0.783. The van der Waals surface area contributed by atoms with Crippen LogP contribution in [0.5, 0.6) is 0 Å². The number of benzene rings is 1. The molecule has 0 bridgehead atoms. The minimum absolute atomic E-state index is 0.142. The first-order valence-electron chi connectivity index (χ1n) is 8.43. The summed E-state index contributed by atoms with van der Waals surface area (Å²) in [6.07, 6.45) is 4.82. The van der Waals surface area contributed by atoms with Crippen LogP contribution in [0.4, 0.5) is 15.8 Å². The monoisotopic (exact) mass is 413 g/mol. The Hall–Kier alpha value is -1.97. The van der Waals surface area contributed by atoms with E-state index in [0.29, 0.717) is 11.6 Å². The lowest BCUT2D eigenvalue weighted by molar-refractivity contribution is 0.340. The number of nitrogens with one attached hydrogen (secondary N) is 1. The molecule has 1 fully saturated rings. The molecule has 7 nitrogen and oxygen atoms in total. The fourth-order valence-electron chi connectivity index (χ4n) is 3.25. The van der Waals surface area contributed by atoms with Gasteiger partial charge in [-0.25, -0.2) is 22.8 Å². The van der Waals surface area contributed by atoms with E-state index in [9.17, 15) is 12.8 Å². The van der Waals surface area contributed by atoms with Crippen molar-refractivity contribution in [3.05, 3.63) is 41.7 Å². The number of aromatic nitrogens is 2.